The third-order valence-corrected chi connectivity index (χ3v) is 1.96. The Morgan fingerprint density at radius 1 is 1.23 bits per heavy atom. The molecule has 1 rings (SSSR count). The first-order valence-corrected chi connectivity index (χ1v) is 5.11. The molecule has 0 saturated carbocycles. The van der Waals surface area contributed by atoms with Crippen LogP contribution >= 0.6 is 0 Å². The van der Waals surface area contributed by atoms with Crippen molar-refractivity contribution in [3.05, 3.63) is 40.8 Å². The molecule has 4 heteroatoms. The van der Waals surface area contributed by atoms with E-state index in [1.807, 2.05) is 19.1 Å². The Morgan fingerprint density at radius 2 is 1.77 bits per heavy atom. The molecular formula is C9H9FO2S. The maximum Gasteiger partial charge on any atom is 0.325 e. The summed E-state index contributed by atoms with van der Waals surface area (Å²) >= 11 is 0. The molecule has 13 heavy (non-hydrogen) atoms. The zero-order chi connectivity index (χ0) is 9.90. The molecule has 70 valence electrons. The van der Waals surface area contributed by atoms with E-state index in [0.29, 0.717) is 11.0 Å². The van der Waals surface area contributed by atoms with Crippen molar-refractivity contribution in [2.24, 2.45) is 0 Å². The van der Waals surface area contributed by atoms with Gasteiger partial charge in [-0.3, -0.25) is 0 Å². The Hall–Kier alpha value is -1.16. The Balaban J connectivity index is 2.88. The quantitative estimate of drug-likeness (QED) is 0.686. The molecule has 0 aliphatic heterocycles. The van der Waals surface area contributed by atoms with Crippen LogP contribution in [-0.4, -0.2) is 8.42 Å². The van der Waals surface area contributed by atoms with E-state index < -0.39 is 10.2 Å². The first-order chi connectivity index (χ1) is 5.97. The van der Waals surface area contributed by atoms with Crippen molar-refractivity contribution in [3.63, 3.8) is 0 Å². The topological polar surface area (TPSA) is 34.1 Å². The molecule has 0 heterocycles. The van der Waals surface area contributed by atoms with Crippen molar-refractivity contribution in [1.82, 2.24) is 0 Å². The molecule has 0 bridgehead atoms. The molecule has 0 saturated heterocycles. The monoisotopic (exact) mass is 200 g/mol. The van der Waals surface area contributed by atoms with Crippen LogP contribution in [0.15, 0.2) is 29.7 Å². The summed E-state index contributed by atoms with van der Waals surface area (Å²) in [6.45, 7) is 1.92. The first kappa shape index (κ1) is 9.92. The molecule has 0 amide bonds. The van der Waals surface area contributed by atoms with Gasteiger partial charge < -0.3 is 0 Å². The summed E-state index contributed by atoms with van der Waals surface area (Å²) in [5.41, 5.74) is 1.73. The fourth-order valence-corrected chi connectivity index (χ4v) is 1.16. The van der Waals surface area contributed by atoms with Crippen LogP contribution in [0.5, 0.6) is 0 Å². The van der Waals surface area contributed by atoms with E-state index in [1.165, 1.54) is 6.08 Å². The van der Waals surface area contributed by atoms with Crippen molar-refractivity contribution >= 4 is 16.3 Å². The van der Waals surface area contributed by atoms with Gasteiger partial charge >= 0.3 is 10.2 Å². The molecule has 1 aromatic carbocycles. The highest BCUT2D eigenvalue weighted by molar-refractivity contribution is 7.89. The van der Waals surface area contributed by atoms with Crippen molar-refractivity contribution in [3.8, 4) is 0 Å². The molecular weight excluding hydrogens is 191 g/mol. The molecule has 1 aromatic rings. The average Bonchev–Trinajstić information content (AvgIpc) is 2.02. The van der Waals surface area contributed by atoms with E-state index in [2.05, 4.69) is 0 Å². The van der Waals surface area contributed by atoms with Gasteiger partial charge in [0.1, 0.15) is 0 Å². The summed E-state index contributed by atoms with van der Waals surface area (Å²) in [6, 6.07) is 7.09. The summed E-state index contributed by atoms with van der Waals surface area (Å²) in [5.74, 6) is 0. The third kappa shape index (κ3) is 3.85. The maximum atomic E-state index is 12.0. The van der Waals surface area contributed by atoms with Crippen molar-refractivity contribution in [2.45, 2.75) is 6.92 Å². The minimum absolute atomic E-state index is 0.539. The second-order valence-corrected chi connectivity index (χ2v) is 3.91. The highest BCUT2D eigenvalue weighted by Gasteiger charge is 1.97. The highest BCUT2D eigenvalue weighted by Crippen LogP contribution is 2.06. The summed E-state index contributed by atoms with van der Waals surface area (Å²) < 4.78 is 32.3. The van der Waals surface area contributed by atoms with Crippen LogP contribution < -0.4 is 0 Å². The molecule has 0 aromatic heterocycles. The maximum absolute atomic E-state index is 12.0. The minimum Gasteiger partial charge on any atom is -0.190 e. The molecule has 0 fully saturated rings. The number of hydrogen-bond donors (Lipinski definition) is 0. The van der Waals surface area contributed by atoms with Crippen LogP contribution in [0.1, 0.15) is 11.1 Å². The van der Waals surface area contributed by atoms with E-state index in [0.717, 1.165) is 5.56 Å². The van der Waals surface area contributed by atoms with E-state index in [1.54, 1.807) is 12.1 Å². The predicted octanol–water partition coefficient (Wildman–Crippen LogP) is 2.27. The normalized spacial score (nSPS) is 12.2. The van der Waals surface area contributed by atoms with Crippen molar-refractivity contribution in [2.75, 3.05) is 0 Å². The Morgan fingerprint density at radius 3 is 2.23 bits per heavy atom. The summed E-state index contributed by atoms with van der Waals surface area (Å²) in [5, 5.41) is 0.539. The number of hydrogen-bond acceptors (Lipinski definition) is 2. The number of aryl methyl sites for hydroxylation is 1. The molecule has 0 spiro atoms. The van der Waals surface area contributed by atoms with Gasteiger partial charge in [0, 0.05) is 0 Å². The van der Waals surface area contributed by atoms with Gasteiger partial charge in [0.05, 0.1) is 5.41 Å². The Kier molecular flexibility index (Phi) is 2.83. The standard InChI is InChI=1S/C9H9FO2S/c1-8-2-4-9(5-3-8)6-7-13(10,11)12/h2-7H,1H3/b7-6+. The van der Waals surface area contributed by atoms with Gasteiger partial charge in [0.2, 0.25) is 0 Å². The van der Waals surface area contributed by atoms with E-state index in [9.17, 15) is 12.3 Å². The molecule has 2 nitrogen and oxygen atoms in total. The lowest BCUT2D eigenvalue weighted by molar-refractivity contribution is 0.563. The second-order valence-electron chi connectivity index (χ2n) is 2.69. The Bertz CT molecular complexity index is 404. The zero-order valence-corrected chi connectivity index (χ0v) is 7.88. The van der Waals surface area contributed by atoms with Gasteiger partial charge in [-0.05, 0) is 18.6 Å². The fraction of sp³-hybridized carbons (Fsp3) is 0.111. The molecule has 0 atom stereocenters. The van der Waals surface area contributed by atoms with Gasteiger partial charge in [-0.25, -0.2) is 0 Å². The van der Waals surface area contributed by atoms with Crippen molar-refractivity contribution < 1.29 is 12.3 Å². The fourth-order valence-electron chi connectivity index (χ4n) is 0.837. The summed E-state index contributed by atoms with van der Waals surface area (Å²) in [4.78, 5) is 0. The number of halogens is 1. The SMILES string of the molecule is Cc1ccc(/C=C/S(=O)(=O)F)cc1. The summed E-state index contributed by atoms with van der Waals surface area (Å²) in [6.07, 6.45) is 1.22. The number of rotatable bonds is 2. The lowest BCUT2D eigenvalue weighted by atomic mass is 10.2. The van der Waals surface area contributed by atoms with E-state index in [-0.39, 0.29) is 0 Å². The number of benzene rings is 1. The largest absolute Gasteiger partial charge is 0.325 e. The van der Waals surface area contributed by atoms with Crippen LogP contribution in [-0.2, 0) is 10.2 Å². The average molecular weight is 200 g/mol. The Labute approximate surface area is 76.9 Å². The van der Waals surface area contributed by atoms with Crippen LogP contribution in [0.2, 0.25) is 0 Å². The molecule has 0 aliphatic rings. The van der Waals surface area contributed by atoms with Crippen molar-refractivity contribution in [1.29, 1.82) is 0 Å². The van der Waals surface area contributed by atoms with Gasteiger partial charge in [-0.15, -0.1) is 3.89 Å². The van der Waals surface area contributed by atoms with Gasteiger partial charge in [-0.2, -0.15) is 8.42 Å². The van der Waals surface area contributed by atoms with Crippen LogP contribution in [0.3, 0.4) is 0 Å². The summed E-state index contributed by atoms with van der Waals surface area (Å²) in [7, 11) is -4.51. The lowest BCUT2D eigenvalue weighted by Crippen LogP contribution is -1.81. The van der Waals surface area contributed by atoms with Gasteiger partial charge in [-0.1, -0.05) is 29.8 Å². The third-order valence-electron chi connectivity index (χ3n) is 1.50. The smallest absolute Gasteiger partial charge is 0.190 e. The molecule has 0 unspecified atom stereocenters. The lowest BCUT2D eigenvalue weighted by Gasteiger charge is -1.92. The van der Waals surface area contributed by atoms with Gasteiger partial charge in [0.15, 0.2) is 0 Å². The molecule has 0 radical (unpaired) electrons. The minimum atomic E-state index is -4.51. The molecule has 0 N–H and O–H groups in total. The highest BCUT2D eigenvalue weighted by atomic mass is 32.3. The second kappa shape index (κ2) is 3.70. The van der Waals surface area contributed by atoms with Crippen LogP contribution in [0, 0.1) is 6.92 Å². The predicted molar refractivity (Wildman–Crippen MR) is 50.2 cm³/mol. The zero-order valence-electron chi connectivity index (χ0n) is 7.07. The van der Waals surface area contributed by atoms with Gasteiger partial charge in [0.25, 0.3) is 0 Å². The molecule has 0 aliphatic carbocycles. The van der Waals surface area contributed by atoms with E-state index >= 15 is 0 Å². The van der Waals surface area contributed by atoms with Crippen LogP contribution in [0.4, 0.5) is 3.89 Å². The van der Waals surface area contributed by atoms with E-state index in [4.69, 9.17) is 0 Å². The first-order valence-electron chi connectivity index (χ1n) is 3.67. The van der Waals surface area contributed by atoms with Crippen LogP contribution in [0.25, 0.3) is 6.08 Å².